The molecule has 1 aliphatic carbocycles. The smallest absolute Gasteiger partial charge is 0.149 e. The number of phenolic OH excluding ortho intramolecular Hbond substituents is 1. The Balaban J connectivity index is 1.24. The summed E-state index contributed by atoms with van der Waals surface area (Å²) < 4.78 is 8.89. The van der Waals surface area contributed by atoms with Gasteiger partial charge in [0.1, 0.15) is 22.7 Å². The molecule has 63 heavy (non-hydrogen) atoms. The average Bonchev–Trinajstić information content (AvgIpc) is 3.83. The molecule has 1 saturated carbocycles. The molecule has 0 bridgehead atoms. The molecule has 3 aromatic heterocycles. The van der Waals surface area contributed by atoms with Crippen LogP contribution in [0.2, 0.25) is 0 Å². The first-order chi connectivity index (χ1) is 30.0. The van der Waals surface area contributed by atoms with Crippen molar-refractivity contribution >= 4 is 43.7 Å². The van der Waals surface area contributed by atoms with Crippen molar-refractivity contribution in [3.63, 3.8) is 0 Å². The highest BCUT2D eigenvalue weighted by atomic mass is 16.3. The van der Waals surface area contributed by atoms with Crippen molar-refractivity contribution in [2.45, 2.75) is 117 Å². The van der Waals surface area contributed by atoms with E-state index in [4.69, 9.17) is 14.4 Å². The van der Waals surface area contributed by atoms with Gasteiger partial charge in [-0.1, -0.05) is 142 Å². The first kappa shape index (κ1) is 40.8. The van der Waals surface area contributed by atoms with E-state index < -0.39 is 0 Å². The van der Waals surface area contributed by atoms with Crippen LogP contribution in [0.1, 0.15) is 123 Å². The second-order valence-corrected chi connectivity index (χ2v) is 21.2. The summed E-state index contributed by atoms with van der Waals surface area (Å²) in [5.41, 5.74) is 14.0. The molecule has 0 saturated heterocycles. The Morgan fingerprint density at radius 3 is 2.14 bits per heavy atom. The van der Waals surface area contributed by atoms with E-state index in [2.05, 4.69) is 164 Å². The summed E-state index contributed by atoms with van der Waals surface area (Å²) in [4.78, 5) is 10.6. The van der Waals surface area contributed by atoms with Crippen LogP contribution in [0.25, 0.3) is 83.2 Å². The van der Waals surface area contributed by atoms with Crippen LogP contribution in [0.4, 0.5) is 0 Å². The minimum Gasteiger partial charge on any atom is -0.507 e. The maximum absolute atomic E-state index is 12.3. The zero-order valence-corrected chi connectivity index (χ0v) is 38.4. The minimum absolute atomic E-state index is 0.0408. The Morgan fingerprint density at radius 1 is 0.619 bits per heavy atom. The van der Waals surface area contributed by atoms with E-state index in [1.54, 1.807) is 0 Å². The maximum atomic E-state index is 12.3. The van der Waals surface area contributed by atoms with Gasteiger partial charge in [-0.2, -0.15) is 0 Å². The standard InChI is InChI=1S/C58H59N3O2/c1-56(2,3)40-23-24-48(46(32-40)58(7,8)9)61-49-21-15-20-43(38-28-39(30-41(29-38)57(4,5)6)47-31-37(26-27-59-47)35-16-11-10-12-17-35)54(49)60-55(61)44-34-52-45(33-50(44)62)53-42-19-14-13-18-36(42)22-25-51(53)63-52/h13-15,18-35,62H,10-12,16-17H2,1-9H3. The summed E-state index contributed by atoms with van der Waals surface area (Å²) >= 11 is 0. The molecule has 0 aliphatic heterocycles. The van der Waals surface area contributed by atoms with Gasteiger partial charge in [0.15, 0.2) is 0 Å². The summed E-state index contributed by atoms with van der Waals surface area (Å²) in [7, 11) is 0. The summed E-state index contributed by atoms with van der Waals surface area (Å²) in [5.74, 6) is 1.40. The molecule has 5 heteroatoms. The molecular formula is C58H59N3O2. The Kier molecular flexibility index (Phi) is 9.71. The van der Waals surface area contributed by atoms with Crippen molar-refractivity contribution in [1.29, 1.82) is 0 Å². The number of aromatic hydroxyl groups is 1. The second-order valence-electron chi connectivity index (χ2n) is 21.2. The van der Waals surface area contributed by atoms with Crippen molar-refractivity contribution in [2.24, 2.45) is 0 Å². The summed E-state index contributed by atoms with van der Waals surface area (Å²) in [6, 6.07) is 41.3. The molecule has 6 aromatic carbocycles. The first-order valence-electron chi connectivity index (χ1n) is 22.9. The number of furan rings is 1. The van der Waals surface area contributed by atoms with Crippen LogP contribution in [0, 0.1) is 0 Å². The van der Waals surface area contributed by atoms with Crippen molar-refractivity contribution in [3.05, 3.63) is 144 Å². The third kappa shape index (κ3) is 7.29. The van der Waals surface area contributed by atoms with Crippen LogP contribution < -0.4 is 0 Å². The highest BCUT2D eigenvalue weighted by Gasteiger charge is 2.29. The lowest BCUT2D eigenvalue weighted by molar-refractivity contribution is 0.443. The third-order valence-electron chi connectivity index (χ3n) is 13.6. The summed E-state index contributed by atoms with van der Waals surface area (Å²) in [6.45, 7) is 20.5. The van der Waals surface area contributed by atoms with E-state index in [1.807, 2.05) is 24.4 Å². The summed E-state index contributed by atoms with van der Waals surface area (Å²) in [5, 5.41) is 16.4. The number of hydrogen-bond donors (Lipinski definition) is 1. The van der Waals surface area contributed by atoms with Crippen LogP contribution in [0.5, 0.6) is 5.75 Å². The van der Waals surface area contributed by atoms with Crippen molar-refractivity contribution in [2.75, 3.05) is 0 Å². The van der Waals surface area contributed by atoms with Gasteiger partial charge in [-0.25, -0.2) is 4.98 Å². The maximum Gasteiger partial charge on any atom is 0.149 e. The zero-order valence-electron chi connectivity index (χ0n) is 38.4. The van der Waals surface area contributed by atoms with Crippen LogP contribution >= 0.6 is 0 Å². The van der Waals surface area contributed by atoms with Crippen LogP contribution in [-0.2, 0) is 16.2 Å². The minimum atomic E-state index is -0.205. The van der Waals surface area contributed by atoms with Gasteiger partial charge in [0.2, 0.25) is 0 Å². The monoisotopic (exact) mass is 829 g/mol. The number of rotatable bonds is 5. The highest BCUT2D eigenvalue weighted by Crippen LogP contribution is 2.45. The molecule has 10 rings (SSSR count). The average molecular weight is 830 g/mol. The predicted molar refractivity (Wildman–Crippen MR) is 264 cm³/mol. The number of para-hydroxylation sites is 1. The largest absolute Gasteiger partial charge is 0.507 e. The lowest BCUT2D eigenvalue weighted by atomic mass is 9.79. The van der Waals surface area contributed by atoms with Gasteiger partial charge in [-0.15, -0.1) is 0 Å². The van der Waals surface area contributed by atoms with Crippen LogP contribution in [-0.4, -0.2) is 19.6 Å². The van der Waals surface area contributed by atoms with Crippen molar-refractivity contribution < 1.29 is 9.52 Å². The Bertz CT molecular complexity index is 3230. The molecule has 0 spiro atoms. The highest BCUT2D eigenvalue weighted by molar-refractivity contribution is 6.19. The normalized spacial score (nSPS) is 14.4. The van der Waals surface area contributed by atoms with Gasteiger partial charge >= 0.3 is 0 Å². The predicted octanol–water partition coefficient (Wildman–Crippen LogP) is 16.1. The first-order valence-corrected chi connectivity index (χ1v) is 22.9. The van der Waals surface area contributed by atoms with Gasteiger partial charge < -0.3 is 9.52 Å². The molecule has 318 valence electrons. The molecule has 5 nitrogen and oxygen atoms in total. The van der Waals surface area contributed by atoms with E-state index >= 15 is 0 Å². The van der Waals surface area contributed by atoms with E-state index in [9.17, 15) is 5.11 Å². The topological polar surface area (TPSA) is 64.1 Å². The number of fused-ring (bicyclic) bond motifs is 6. The number of phenols is 1. The van der Waals surface area contributed by atoms with Gasteiger partial charge in [0.25, 0.3) is 0 Å². The molecule has 0 radical (unpaired) electrons. The van der Waals surface area contributed by atoms with Gasteiger partial charge in [-0.05, 0) is 128 Å². The fraction of sp³-hybridized carbons (Fsp3) is 0.310. The quantitative estimate of drug-likeness (QED) is 0.188. The molecule has 3 heterocycles. The Morgan fingerprint density at radius 2 is 1.38 bits per heavy atom. The number of hydrogen-bond acceptors (Lipinski definition) is 4. The van der Waals surface area contributed by atoms with Gasteiger partial charge in [0, 0.05) is 28.1 Å². The molecule has 0 atom stereocenters. The van der Waals surface area contributed by atoms with Gasteiger partial charge in [-0.3, -0.25) is 9.55 Å². The molecular weight excluding hydrogens is 771 g/mol. The molecule has 1 N–H and O–H groups in total. The van der Waals surface area contributed by atoms with Crippen LogP contribution in [0.15, 0.2) is 126 Å². The SMILES string of the molecule is CC(C)(C)c1cc(-c2cc(C3CCCCC3)ccn2)cc(-c2cccc3c2nc(-c2cc4oc5ccc6ccccc6c5c4cc2O)n3-c2ccc(C(C)(C)C)cc2C(C)(C)C)c1. The molecule has 1 aliphatic rings. The number of aromatic nitrogens is 3. The molecule has 0 amide bonds. The van der Waals surface area contributed by atoms with E-state index in [1.165, 1.54) is 54.4 Å². The summed E-state index contributed by atoms with van der Waals surface area (Å²) in [6.07, 6.45) is 8.42. The number of imidazole rings is 1. The molecule has 9 aromatic rings. The van der Waals surface area contributed by atoms with Gasteiger partial charge in [0.05, 0.1) is 28.0 Å². The van der Waals surface area contributed by atoms with E-state index in [0.29, 0.717) is 22.9 Å². The number of pyridine rings is 1. The lowest BCUT2D eigenvalue weighted by Gasteiger charge is -2.28. The number of nitrogens with zero attached hydrogens (tertiary/aromatic N) is 3. The van der Waals surface area contributed by atoms with E-state index in [-0.39, 0.29) is 22.0 Å². The fourth-order valence-electron chi connectivity index (χ4n) is 9.97. The van der Waals surface area contributed by atoms with Crippen LogP contribution in [0.3, 0.4) is 0 Å². The Labute approximate surface area is 371 Å². The Hall–Kier alpha value is -6.20. The molecule has 1 fully saturated rings. The third-order valence-corrected chi connectivity index (χ3v) is 13.6. The fourth-order valence-corrected chi connectivity index (χ4v) is 9.97. The van der Waals surface area contributed by atoms with Crippen molar-refractivity contribution in [1.82, 2.24) is 14.5 Å². The second kappa shape index (κ2) is 15.0. The molecule has 0 unspecified atom stereocenters. The lowest BCUT2D eigenvalue weighted by Crippen LogP contribution is -2.19. The van der Waals surface area contributed by atoms with E-state index in [0.717, 1.165) is 66.2 Å². The zero-order chi connectivity index (χ0) is 44.0. The van der Waals surface area contributed by atoms with Crippen molar-refractivity contribution in [3.8, 4) is 45.2 Å². The number of benzene rings is 6.